The Morgan fingerprint density at radius 3 is 2.55 bits per heavy atom. The highest BCUT2D eigenvalue weighted by molar-refractivity contribution is 6.16. The molecule has 1 N–H and O–H groups in total. The smallest absolute Gasteiger partial charge is 0.270 e. The molecule has 1 saturated heterocycles. The Labute approximate surface area is 227 Å². The number of nitro benzene ring substituents is 1. The minimum Gasteiger partial charge on any atom is -0.461 e. The van der Waals surface area contributed by atoms with Gasteiger partial charge >= 0.3 is 0 Å². The Balaban J connectivity index is 1.53. The molecule has 1 fully saturated rings. The molecule has 4 aromatic rings. The number of hydrogen-bond acceptors (Lipinski definition) is 7. The second-order valence-electron chi connectivity index (χ2n) is 10.1. The normalized spacial score (nSPS) is 23.9. The van der Waals surface area contributed by atoms with Crippen LogP contribution in [0.4, 0.5) is 11.4 Å². The molecule has 0 bridgehead atoms. The predicted molar refractivity (Wildman–Crippen MR) is 145 cm³/mol. The highest BCUT2D eigenvalue weighted by Gasteiger charge is 2.71. The number of nitrogens with zero attached hydrogens (tertiary/aromatic N) is 2. The largest absolute Gasteiger partial charge is 0.461 e. The summed E-state index contributed by atoms with van der Waals surface area (Å²) in [4.78, 5) is 55.9. The molecule has 196 valence electrons. The average molecular weight is 532 g/mol. The van der Waals surface area contributed by atoms with E-state index in [4.69, 9.17) is 4.42 Å². The second-order valence-corrected chi connectivity index (χ2v) is 10.1. The number of carbonyl (C=O) groups is 3. The van der Waals surface area contributed by atoms with Crippen molar-refractivity contribution in [2.75, 3.05) is 5.32 Å². The zero-order valence-corrected chi connectivity index (χ0v) is 20.9. The van der Waals surface area contributed by atoms with E-state index in [9.17, 15) is 24.5 Å². The van der Waals surface area contributed by atoms with E-state index in [2.05, 4.69) is 5.32 Å². The lowest BCUT2D eigenvalue weighted by Crippen LogP contribution is -2.49. The molecule has 1 spiro atoms. The quantitative estimate of drug-likeness (QED) is 0.214. The van der Waals surface area contributed by atoms with Crippen molar-refractivity contribution in [3.8, 4) is 0 Å². The molecule has 4 unspecified atom stereocenters. The van der Waals surface area contributed by atoms with Crippen LogP contribution in [0.25, 0.3) is 6.08 Å². The van der Waals surface area contributed by atoms with Crippen molar-refractivity contribution in [3.63, 3.8) is 0 Å². The van der Waals surface area contributed by atoms with Gasteiger partial charge in [0.15, 0.2) is 11.5 Å². The van der Waals surface area contributed by atoms with Crippen LogP contribution in [0.15, 0.2) is 102 Å². The van der Waals surface area contributed by atoms with Crippen molar-refractivity contribution in [2.45, 2.75) is 17.5 Å². The maximum absolute atomic E-state index is 14.4. The van der Waals surface area contributed by atoms with E-state index in [1.807, 2.05) is 36.4 Å². The molecule has 0 aliphatic carbocycles. The van der Waals surface area contributed by atoms with Crippen LogP contribution in [0.1, 0.15) is 43.6 Å². The number of hydrogen-bond donors (Lipinski definition) is 1. The molecule has 7 rings (SSSR count). The van der Waals surface area contributed by atoms with Crippen molar-refractivity contribution in [3.05, 3.63) is 136 Å². The van der Waals surface area contributed by atoms with Gasteiger partial charge in [-0.25, -0.2) is 0 Å². The molecular formula is C31H21N3O6. The maximum Gasteiger partial charge on any atom is 0.270 e. The van der Waals surface area contributed by atoms with Crippen LogP contribution in [-0.2, 0) is 10.2 Å². The number of benzene rings is 3. The van der Waals surface area contributed by atoms with Gasteiger partial charge in [0.1, 0.15) is 11.5 Å². The summed E-state index contributed by atoms with van der Waals surface area (Å²) < 4.78 is 5.52. The fourth-order valence-electron chi connectivity index (χ4n) is 6.68. The van der Waals surface area contributed by atoms with Crippen LogP contribution >= 0.6 is 0 Å². The lowest BCUT2D eigenvalue weighted by molar-refractivity contribution is -0.384. The van der Waals surface area contributed by atoms with Crippen molar-refractivity contribution in [2.24, 2.45) is 5.92 Å². The van der Waals surface area contributed by atoms with E-state index in [0.29, 0.717) is 11.3 Å². The van der Waals surface area contributed by atoms with Crippen molar-refractivity contribution >= 4 is 34.9 Å². The molecule has 1 aromatic heterocycles. The molecule has 0 radical (unpaired) electrons. The summed E-state index contributed by atoms with van der Waals surface area (Å²) in [6.07, 6.45) is 4.97. The first-order valence-corrected chi connectivity index (χ1v) is 12.7. The highest BCUT2D eigenvalue weighted by atomic mass is 16.6. The highest BCUT2D eigenvalue weighted by Crippen LogP contribution is 2.62. The van der Waals surface area contributed by atoms with E-state index in [1.165, 1.54) is 36.6 Å². The summed E-state index contributed by atoms with van der Waals surface area (Å²) >= 11 is 0. The van der Waals surface area contributed by atoms with Gasteiger partial charge in [0.05, 0.1) is 23.1 Å². The Kier molecular flexibility index (Phi) is 5.11. The molecule has 3 aliphatic rings. The van der Waals surface area contributed by atoms with Crippen molar-refractivity contribution < 1.29 is 23.7 Å². The molecule has 1 amide bonds. The molecule has 4 heterocycles. The van der Waals surface area contributed by atoms with Gasteiger partial charge in [-0.2, -0.15) is 0 Å². The lowest BCUT2D eigenvalue weighted by Gasteiger charge is -2.38. The van der Waals surface area contributed by atoms with Gasteiger partial charge in [-0.15, -0.1) is 0 Å². The minimum atomic E-state index is -1.50. The zero-order chi connectivity index (χ0) is 27.6. The lowest BCUT2D eigenvalue weighted by atomic mass is 9.63. The van der Waals surface area contributed by atoms with Gasteiger partial charge in [0.2, 0.25) is 11.7 Å². The fraction of sp³-hybridized carbons (Fsp3) is 0.129. The standard InChI is InChI=1S/C31H21N3O6/c35-27(19-8-5-9-20(17-19)34(38)39)26-25(28(36)24-13-6-16-40-24)31(22-11-3-4-12-23(22)32-30(31)37)29-21-10-2-1-7-18(21)14-15-33(26)29/h1-17,25-26,29H,(H,32,37). The number of rotatable bonds is 5. The van der Waals surface area contributed by atoms with Gasteiger partial charge in [-0.3, -0.25) is 24.5 Å². The zero-order valence-electron chi connectivity index (χ0n) is 20.9. The molecule has 0 saturated carbocycles. The van der Waals surface area contributed by atoms with E-state index in [-0.39, 0.29) is 17.0 Å². The third kappa shape index (κ3) is 3.11. The third-order valence-electron chi connectivity index (χ3n) is 8.23. The molecule has 3 aromatic carbocycles. The first-order valence-electron chi connectivity index (χ1n) is 12.7. The Morgan fingerprint density at radius 1 is 0.950 bits per heavy atom. The van der Waals surface area contributed by atoms with Crippen LogP contribution in [0.3, 0.4) is 0 Å². The topological polar surface area (TPSA) is 123 Å². The maximum atomic E-state index is 14.4. The van der Waals surface area contributed by atoms with Gasteiger partial charge in [0, 0.05) is 29.6 Å². The molecule has 40 heavy (non-hydrogen) atoms. The summed E-state index contributed by atoms with van der Waals surface area (Å²) in [5.74, 6) is -2.59. The summed E-state index contributed by atoms with van der Waals surface area (Å²) in [5.41, 5.74) is 1.18. The Morgan fingerprint density at radius 2 is 1.75 bits per heavy atom. The van der Waals surface area contributed by atoms with Crippen molar-refractivity contribution in [1.82, 2.24) is 4.90 Å². The number of ketones is 2. The van der Waals surface area contributed by atoms with Crippen LogP contribution in [0, 0.1) is 16.0 Å². The second kappa shape index (κ2) is 8.60. The van der Waals surface area contributed by atoms with Crippen LogP contribution < -0.4 is 5.32 Å². The number of nitro groups is 1. The SMILES string of the molecule is O=C(c1cccc([N+](=O)[O-])c1)C1C(C(=O)c2ccco2)C2(C(=O)Nc3ccccc32)C2c3ccccc3C=CN12. The van der Waals surface area contributed by atoms with Crippen LogP contribution in [-0.4, -0.2) is 33.3 Å². The summed E-state index contributed by atoms with van der Waals surface area (Å²) in [6.45, 7) is 0. The number of amides is 1. The first kappa shape index (κ1) is 23.8. The Bertz CT molecular complexity index is 1760. The van der Waals surface area contributed by atoms with E-state index in [0.717, 1.165) is 11.1 Å². The molecule has 9 heteroatoms. The first-order chi connectivity index (χ1) is 19.4. The number of furan rings is 1. The number of para-hydroxylation sites is 1. The minimum absolute atomic E-state index is 0.0236. The summed E-state index contributed by atoms with van der Waals surface area (Å²) in [5, 5.41) is 14.5. The van der Waals surface area contributed by atoms with Gasteiger partial charge < -0.3 is 14.6 Å². The molecular weight excluding hydrogens is 510 g/mol. The van der Waals surface area contributed by atoms with Crippen LogP contribution in [0.2, 0.25) is 0 Å². The van der Waals surface area contributed by atoms with E-state index < -0.39 is 45.8 Å². The van der Waals surface area contributed by atoms with E-state index >= 15 is 0 Å². The van der Waals surface area contributed by atoms with E-state index in [1.54, 1.807) is 35.4 Å². The van der Waals surface area contributed by atoms with Gasteiger partial charge in [0.25, 0.3) is 5.69 Å². The summed E-state index contributed by atoms with van der Waals surface area (Å²) in [7, 11) is 0. The molecule has 9 nitrogen and oxygen atoms in total. The number of non-ortho nitro benzene ring substituents is 1. The van der Waals surface area contributed by atoms with Crippen molar-refractivity contribution in [1.29, 1.82) is 0 Å². The predicted octanol–water partition coefficient (Wildman–Crippen LogP) is 5.17. The number of fused-ring (bicyclic) bond motifs is 6. The molecule has 4 atom stereocenters. The number of nitrogens with one attached hydrogen (secondary N) is 1. The number of Topliss-reactive ketones (excluding diaryl/α,β-unsaturated/α-hetero) is 2. The molecule has 3 aliphatic heterocycles. The average Bonchev–Trinajstić information content (AvgIpc) is 3.69. The fourth-order valence-corrected chi connectivity index (χ4v) is 6.68. The third-order valence-corrected chi connectivity index (χ3v) is 8.23. The van der Waals surface area contributed by atoms with Gasteiger partial charge in [-0.1, -0.05) is 54.6 Å². The van der Waals surface area contributed by atoms with Crippen LogP contribution in [0.5, 0.6) is 0 Å². The summed E-state index contributed by atoms with van der Waals surface area (Å²) in [6, 6.07) is 21.5. The number of anilines is 1. The monoisotopic (exact) mass is 531 g/mol. The van der Waals surface area contributed by atoms with Gasteiger partial charge in [-0.05, 0) is 41.0 Å². The Hall–Kier alpha value is -5.31. The number of carbonyl (C=O) groups excluding carboxylic acids is 3.